The number of nitrogens with zero attached hydrogens (tertiary/aromatic N) is 1. The molecule has 0 amide bonds. The third-order valence-electron chi connectivity index (χ3n) is 3.96. The van der Waals surface area contributed by atoms with E-state index in [4.69, 9.17) is 4.74 Å². The largest absolute Gasteiger partial charge is 0.457 e. The summed E-state index contributed by atoms with van der Waals surface area (Å²) in [6, 6.07) is 18.4. The number of ether oxygens (including phenoxy) is 1. The zero-order valence-corrected chi connectivity index (χ0v) is 17.7. The molecule has 28 heavy (non-hydrogen) atoms. The molecule has 0 unspecified atom stereocenters. The minimum Gasteiger partial charge on any atom is -0.457 e. The van der Waals surface area contributed by atoms with Gasteiger partial charge in [0.05, 0.1) is 0 Å². The van der Waals surface area contributed by atoms with Gasteiger partial charge in [-0.05, 0) is 64.6 Å². The first-order valence-corrected chi connectivity index (χ1v) is 9.72. The van der Waals surface area contributed by atoms with E-state index in [9.17, 15) is 0 Å². The van der Waals surface area contributed by atoms with Crippen molar-refractivity contribution in [2.45, 2.75) is 34.2 Å². The van der Waals surface area contributed by atoms with Crippen molar-refractivity contribution in [2.24, 2.45) is 5.41 Å². The van der Waals surface area contributed by atoms with E-state index >= 15 is 0 Å². The SMILES string of the molecule is C/C=C(\Oc1cccc(CN(C)C/C=C/C#CC(C)(C)C)c1)c1ccccc1. The predicted octanol–water partition coefficient (Wildman–Crippen LogP) is 6.16. The second-order valence-corrected chi connectivity index (χ2v) is 7.89. The summed E-state index contributed by atoms with van der Waals surface area (Å²) < 4.78 is 6.13. The Balaban J connectivity index is 1.95. The minimum atomic E-state index is 0.0439. The van der Waals surface area contributed by atoms with Gasteiger partial charge in [0.1, 0.15) is 11.5 Å². The monoisotopic (exact) mass is 373 g/mol. The summed E-state index contributed by atoms with van der Waals surface area (Å²) in [5, 5.41) is 0. The number of benzene rings is 2. The van der Waals surface area contributed by atoms with E-state index < -0.39 is 0 Å². The number of hydrogen-bond donors (Lipinski definition) is 0. The zero-order chi connectivity index (χ0) is 20.4. The van der Waals surface area contributed by atoms with Gasteiger partial charge >= 0.3 is 0 Å². The van der Waals surface area contributed by atoms with Crippen LogP contribution in [0.25, 0.3) is 5.76 Å². The van der Waals surface area contributed by atoms with Crippen molar-refractivity contribution in [3.05, 3.63) is 84.0 Å². The van der Waals surface area contributed by atoms with Crippen molar-refractivity contribution in [2.75, 3.05) is 13.6 Å². The van der Waals surface area contributed by atoms with E-state index in [-0.39, 0.29) is 5.41 Å². The molecule has 0 aliphatic carbocycles. The van der Waals surface area contributed by atoms with Gasteiger partial charge in [0.25, 0.3) is 0 Å². The second-order valence-electron chi connectivity index (χ2n) is 7.89. The van der Waals surface area contributed by atoms with Crippen LogP contribution in [0.3, 0.4) is 0 Å². The molecule has 0 atom stereocenters. The van der Waals surface area contributed by atoms with Crippen molar-refractivity contribution in [1.82, 2.24) is 4.90 Å². The van der Waals surface area contributed by atoms with Crippen LogP contribution in [0.15, 0.2) is 72.8 Å². The Morgan fingerprint density at radius 3 is 2.50 bits per heavy atom. The lowest BCUT2D eigenvalue weighted by Gasteiger charge is -2.16. The molecule has 146 valence electrons. The fourth-order valence-corrected chi connectivity index (χ4v) is 2.65. The Hall–Kier alpha value is -2.76. The van der Waals surface area contributed by atoms with Gasteiger partial charge in [-0.2, -0.15) is 0 Å². The molecule has 0 radical (unpaired) electrons. The third-order valence-corrected chi connectivity index (χ3v) is 3.96. The van der Waals surface area contributed by atoms with Crippen molar-refractivity contribution in [3.8, 4) is 17.6 Å². The van der Waals surface area contributed by atoms with Gasteiger partial charge in [-0.3, -0.25) is 4.90 Å². The van der Waals surface area contributed by atoms with Gasteiger partial charge in [-0.15, -0.1) is 0 Å². The summed E-state index contributed by atoms with van der Waals surface area (Å²) in [4.78, 5) is 2.25. The normalized spacial score (nSPS) is 12.1. The summed E-state index contributed by atoms with van der Waals surface area (Å²) in [6.07, 6.45) is 6.05. The van der Waals surface area contributed by atoms with Crippen LogP contribution in [0, 0.1) is 17.3 Å². The van der Waals surface area contributed by atoms with Crippen LogP contribution in [-0.4, -0.2) is 18.5 Å². The van der Waals surface area contributed by atoms with Crippen LogP contribution in [0.2, 0.25) is 0 Å². The quantitative estimate of drug-likeness (QED) is 0.425. The molecule has 0 aliphatic rings. The maximum atomic E-state index is 6.13. The van der Waals surface area contributed by atoms with Crippen molar-refractivity contribution in [3.63, 3.8) is 0 Å². The summed E-state index contributed by atoms with van der Waals surface area (Å²) in [5.74, 6) is 8.05. The Morgan fingerprint density at radius 2 is 1.82 bits per heavy atom. The average Bonchev–Trinajstić information content (AvgIpc) is 2.66. The van der Waals surface area contributed by atoms with Crippen LogP contribution >= 0.6 is 0 Å². The molecule has 0 spiro atoms. The number of hydrogen-bond acceptors (Lipinski definition) is 2. The molecule has 0 saturated heterocycles. The topological polar surface area (TPSA) is 12.5 Å². The van der Waals surface area contributed by atoms with Gasteiger partial charge < -0.3 is 4.74 Å². The van der Waals surface area contributed by atoms with Gasteiger partial charge in [0.2, 0.25) is 0 Å². The maximum Gasteiger partial charge on any atom is 0.130 e. The van der Waals surface area contributed by atoms with Gasteiger partial charge in [-0.25, -0.2) is 0 Å². The summed E-state index contributed by atoms with van der Waals surface area (Å²) in [6.45, 7) is 10.1. The van der Waals surface area contributed by atoms with E-state index in [0.717, 1.165) is 30.2 Å². The number of allylic oxidation sites excluding steroid dienone is 2. The van der Waals surface area contributed by atoms with Gasteiger partial charge in [-0.1, -0.05) is 60.4 Å². The summed E-state index contributed by atoms with van der Waals surface area (Å²) >= 11 is 0. The molecule has 0 aliphatic heterocycles. The fourth-order valence-electron chi connectivity index (χ4n) is 2.65. The maximum absolute atomic E-state index is 6.13. The van der Waals surface area contributed by atoms with E-state index in [2.05, 4.69) is 74.9 Å². The van der Waals surface area contributed by atoms with Crippen LogP contribution in [-0.2, 0) is 6.54 Å². The van der Waals surface area contributed by atoms with Crippen LogP contribution in [0.1, 0.15) is 38.8 Å². The molecule has 2 heteroatoms. The molecule has 0 N–H and O–H groups in total. The van der Waals surface area contributed by atoms with Crippen LogP contribution in [0.5, 0.6) is 5.75 Å². The molecule has 0 saturated carbocycles. The van der Waals surface area contributed by atoms with Crippen molar-refractivity contribution >= 4 is 5.76 Å². The van der Waals surface area contributed by atoms with Crippen LogP contribution < -0.4 is 4.74 Å². The smallest absolute Gasteiger partial charge is 0.130 e. The summed E-state index contributed by atoms with van der Waals surface area (Å²) in [7, 11) is 2.11. The molecular weight excluding hydrogens is 342 g/mol. The first-order valence-electron chi connectivity index (χ1n) is 9.72. The van der Waals surface area contributed by atoms with Gasteiger partial charge in [0.15, 0.2) is 0 Å². The van der Waals surface area contributed by atoms with E-state index in [0.29, 0.717) is 0 Å². The van der Waals surface area contributed by atoms with Crippen LogP contribution in [0.4, 0.5) is 0 Å². The van der Waals surface area contributed by atoms with E-state index in [1.807, 2.05) is 49.4 Å². The molecule has 0 heterocycles. The lowest BCUT2D eigenvalue weighted by atomic mass is 9.98. The Labute approximate surface area is 170 Å². The molecule has 0 fully saturated rings. The molecule has 0 bridgehead atoms. The highest BCUT2D eigenvalue weighted by Gasteiger charge is 2.05. The Morgan fingerprint density at radius 1 is 1.07 bits per heavy atom. The highest BCUT2D eigenvalue weighted by atomic mass is 16.5. The highest BCUT2D eigenvalue weighted by molar-refractivity contribution is 5.61. The predicted molar refractivity (Wildman–Crippen MR) is 120 cm³/mol. The number of rotatable bonds is 7. The van der Waals surface area contributed by atoms with Crippen molar-refractivity contribution in [1.29, 1.82) is 0 Å². The molecule has 2 aromatic rings. The Kier molecular flexibility index (Phi) is 8.11. The van der Waals surface area contributed by atoms with E-state index in [1.165, 1.54) is 5.56 Å². The first-order chi connectivity index (χ1) is 13.4. The zero-order valence-electron chi connectivity index (χ0n) is 17.7. The molecule has 2 aromatic carbocycles. The van der Waals surface area contributed by atoms with E-state index in [1.54, 1.807) is 0 Å². The lowest BCUT2D eigenvalue weighted by Crippen LogP contribution is -2.17. The minimum absolute atomic E-state index is 0.0439. The van der Waals surface area contributed by atoms with Gasteiger partial charge in [0, 0.05) is 24.1 Å². The third kappa shape index (κ3) is 7.86. The molecule has 2 nitrogen and oxygen atoms in total. The molecule has 0 aromatic heterocycles. The fraction of sp³-hybridized carbons (Fsp3) is 0.308. The standard InChI is InChI=1S/C26H31NO/c1-6-25(23-15-9-7-10-16-23)28-24-17-13-14-22(20-24)21-27(5)19-12-8-11-18-26(2,3)4/h6-10,12-17,20H,19,21H2,1-5H3/b12-8+,25-6-. The average molecular weight is 374 g/mol. The summed E-state index contributed by atoms with van der Waals surface area (Å²) in [5.41, 5.74) is 2.34. The first kappa shape index (κ1) is 21.5. The second kappa shape index (κ2) is 10.5. The van der Waals surface area contributed by atoms with Crippen molar-refractivity contribution < 1.29 is 4.74 Å². The lowest BCUT2D eigenvalue weighted by molar-refractivity contribution is 0.363. The highest BCUT2D eigenvalue weighted by Crippen LogP contribution is 2.22. The number of likely N-dealkylation sites (N-methyl/N-ethyl adjacent to an activating group) is 1. The Bertz CT molecular complexity index is 861. The molecular formula is C26H31NO. The molecule has 2 rings (SSSR count).